The largest absolute Gasteiger partial charge is 0.481 e. The highest BCUT2D eigenvalue weighted by atomic mass is 16.5. The number of carbonyl (C=O) groups excluding carboxylic acids is 6. The lowest BCUT2D eigenvalue weighted by Gasteiger charge is -2.29. The van der Waals surface area contributed by atoms with E-state index >= 15 is 0 Å². The number of carboxylic acid groups (broad SMARTS) is 2. The number of aliphatic hydroxyl groups is 2. The molecule has 1 rings (SSSR count). The van der Waals surface area contributed by atoms with Crippen LogP contribution in [-0.2, 0) is 44.9 Å². The number of ether oxygens (including phenoxy) is 1. The number of amides is 5. The quantitative estimate of drug-likeness (QED) is 0.0521. The molecule has 0 radical (unpaired) electrons. The Kier molecular flexibility index (Phi) is 15.6. The van der Waals surface area contributed by atoms with E-state index in [0.717, 1.165) is 6.92 Å². The van der Waals surface area contributed by atoms with Gasteiger partial charge in [-0.25, -0.2) is 9.80 Å². The number of benzene rings is 1. The van der Waals surface area contributed by atoms with Crippen molar-refractivity contribution in [3.63, 3.8) is 0 Å². The van der Waals surface area contributed by atoms with Gasteiger partial charge in [0, 0.05) is 13.3 Å². The zero-order chi connectivity index (χ0) is 34.3. The highest BCUT2D eigenvalue weighted by Crippen LogP contribution is 2.08. The minimum Gasteiger partial charge on any atom is -0.481 e. The van der Waals surface area contributed by atoms with Crippen LogP contribution in [0.2, 0.25) is 0 Å². The molecule has 0 aliphatic heterocycles. The second-order valence-electron chi connectivity index (χ2n) is 10.0. The molecule has 0 saturated heterocycles. The molecule has 1 aromatic carbocycles. The Morgan fingerprint density at radius 2 is 1.42 bits per heavy atom. The van der Waals surface area contributed by atoms with Crippen molar-refractivity contribution in [1.29, 1.82) is 0 Å². The second-order valence-corrected chi connectivity index (χ2v) is 10.0. The van der Waals surface area contributed by atoms with Gasteiger partial charge in [0.15, 0.2) is 6.29 Å². The summed E-state index contributed by atoms with van der Waals surface area (Å²) >= 11 is 0. The van der Waals surface area contributed by atoms with Gasteiger partial charge in [-0.1, -0.05) is 44.2 Å². The van der Waals surface area contributed by atoms with Gasteiger partial charge in [-0.05, 0) is 17.9 Å². The molecule has 3 atom stereocenters. The first-order valence-corrected chi connectivity index (χ1v) is 13.5. The van der Waals surface area contributed by atoms with E-state index in [4.69, 9.17) is 9.84 Å². The van der Waals surface area contributed by atoms with Crippen LogP contribution in [0.15, 0.2) is 30.3 Å². The highest BCUT2D eigenvalue weighted by Gasteiger charge is 2.33. The number of hydrogen-bond acceptors (Lipinski definition) is 11. The van der Waals surface area contributed by atoms with Gasteiger partial charge in [0.25, 0.3) is 5.91 Å². The van der Waals surface area contributed by atoms with Crippen molar-refractivity contribution in [2.75, 3.05) is 6.54 Å². The van der Waals surface area contributed by atoms with Crippen molar-refractivity contribution in [3.05, 3.63) is 35.9 Å². The number of aliphatic carboxylic acids is 2. The van der Waals surface area contributed by atoms with Crippen LogP contribution < -0.4 is 21.4 Å². The van der Waals surface area contributed by atoms with Crippen LogP contribution in [0.3, 0.4) is 0 Å². The lowest BCUT2D eigenvalue weighted by molar-refractivity contribution is -0.155. The van der Waals surface area contributed by atoms with Gasteiger partial charge in [-0.2, -0.15) is 0 Å². The van der Waals surface area contributed by atoms with Crippen LogP contribution in [-0.4, -0.2) is 104 Å². The van der Waals surface area contributed by atoms with Gasteiger partial charge in [-0.15, -0.1) is 0 Å². The van der Waals surface area contributed by atoms with Gasteiger partial charge in [-0.3, -0.25) is 39.0 Å². The molecule has 0 spiro atoms. The van der Waals surface area contributed by atoms with Crippen LogP contribution in [0.5, 0.6) is 0 Å². The summed E-state index contributed by atoms with van der Waals surface area (Å²) in [6, 6.07) is 3.53. The number of nitrogens with one attached hydrogen (secondary N) is 4. The molecule has 1 aromatic rings. The summed E-state index contributed by atoms with van der Waals surface area (Å²) in [5, 5.41) is 43.8. The molecule has 0 aromatic heterocycles. The molecule has 0 heterocycles. The van der Waals surface area contributed by atoms with Gasteiger partial charge in [0.2, 0.25) is 17.6 Å². The van der Waals surface area contributed by atoms with Gasteiger partial charge < -0.3 is 41.1 Å². The van der Waals surface area contributed by atoms with Crippen molar-refractivity contribution in [3.8, 4) is 0 Å². The summed E-state index contributed by atoms with van der Waals surface area (Å²) < 4.78 is 5.01. The summed E-state index contributed by atoms with van der Waals surface area (Å²) in [5.41, 5.74) is 2.61. The van der Waals surface area contributed by atoms with E-state index in [9.17, 15) is 53.7 Å². The molecule has 45 heavy (non-hydrogen) atoms. The third kappa shape index (κ3) is 14.3. The van der Waals surface area contributed by atoms with Gasteiger partial charge in [0.05, 0.1) is 13.0 Å². The summed E-state index contributed by atoms with van der Waals surface area (Å²) in [7, 11) is 0. The van der Waals surface area contributed by atoms with E-state index in [1.54, 1.807) is 30.3 Å². The summed E-state index contributed by atoms with van der Waals surface area (Å²) in [5.74, 6) is -9.26. The fraction of sp³-hybridized carbons (Fsp3) is 0.481. The molecule has 0 unspecified atom stereocenters. The molecular formula is C27H37N5O13. The van der Waals surface area contributed by atoms with Gasteiger partial charge >= 0.3 is 23.9 Å². The standard InChI is InChI=1S/C27H37N5O13/c1-14(2)22(25(42)31-32(12-21(38)39)26(43)15(3)33)30-23(40)17(9-10-19(34)35)28-24(41)18(11-20(36)37)29-27(44)45-13-16-7-5-4-6-8-16/h4-8,14,17-18,21-22,38-39H,9-13H2,1-3H3,(H,28,41)(H,29,44)(H,30,40)(H,31,42)(H,34,35)(H,36,37)/t17-,18-,22-/m0/s1. The first-order chi connectivity index (χ1) is 21.0. The number of Topliss-reactive ketones (excluding diaryl/α,β-unsaturated/α-hetero) is 1. The van der Waals surface area contributed by atoms with E-state index in [-0.39, 0.29) is 6.61 Å². The average molecular weight is 640 g/mol. The maximum absolute atomic E-state index is 13.2. The van der Waals surface area contributed by atoms with E-state index in [2.05, 4.69) is 16.0 Å². The molecule has 8 N–H and O–H groups in total. The predicted molar refractivity (Wildman–Crippen MR) is 150 cm³/mol. The Balaban J connectivity index is 3.11. The number of aliphatic hydroxyl groups excluding tert-OH is 1. The number of alkyl carbamates (subject to hydrolysis) is 1. The van der Waals surface area contributed by atoms with Crippen molar-refractivity contribution in [2.24, 2.45) is 5.92 Å². The number of carboxylic acids is 2. The zero-order valence-corrected chi connectivity index (χ0v) is 24.7. The summed E-state index contributed by atoms with van der Waals surface area (Å²) in [6.45, 7) is 2.72. The van der Waals surface area contributed by atoms with Crippen LogP contribution >= 0.6 is 0 Å². The Hall–Kier alpha value is -5.10. The molecular weight excluding hydrogens is 602 g/mol. The number of carbonyl (C=O) groups is 8. The number of ketones is 1. The number of hydrazine groups is 1. The molecule has 0 saturated carbocycles. The second kappa shape index (κ2) is 18.5. The zero-order valence-electron chi connectivity index (χ0n) is 24.7. The molecule has 248 valence electrons. The van der Waals surface area contributed by atoms with E-state index < -0.39 is 104 Å². The molecule has 0 aliphatic carbocycles. The SMILES string of the molecule is CC(=O)C(=O)N(CC(O)O)NC(=O)[C@@H](NC(=O)[C@H](CCC(=O)O)NC(=O)[C@H](CC(=O)O)NC(=O)OCc1ccccc1)C(C)C. The van der Waals surface area contributed by atoms with Crippen molar-refractivity contribution in [2.45, 2.75) is 71.1 Å². The van der Waals surface area contributed by atoms with Gasteiger partial charge in [0.1, 0.15) is 24.7 Å². The lowest BCUT2D eigenvalue weighted by Crippen LogP contribution is -2.61. The molecule has 0 fully saturated rings. The maximum Gasteiger partial charge on any atom is 0.408 e. The number of rotatable bonds is 17. The topological polar surface area (TPSA) is 278 Å². The summed E-state index contributed by atoms with van der Waals surface area (Å²) in [6.07, 6.45) is -5.40. The number of hydrogen-bond donors (Lipinski definition) is 8. The van der Waals surface area contributed by atoms with Crippen molar-refractivity contribution < 1.29 is 63.5 Å². The summed E-state index contributed by atoms with van der Waals surface area (Å²) in [4.78, 5) is 97.7. The third-order valence-electron chi connectivity index (χ3n) is 5.86. The van der Waals surface area contributed by atoms with E-state index in [1.807, 2.05) is 5.43 Å². The fourth-order valence-electron chi connectivity index (χ4n) is 3.62. The number of nitrogens with zero attached hydrogens (tertiary/aromatic N) is 1. The van der Waals surface area contributed by atoms with Crippen LogP contribution in [0.1, 0.15) is 45.6 Å². The fourth-order valence-corrected chi connectivity index (χ4v) is 3.62. The predicted octanol–water partition coefficient (Wildman–Crippen LogP) is -1.99. The van der Waals surface area contributed by atoms with E-state index in [1.165, 1.54) is 13.8 Å². The first-order valence-electron chi connectivity index (χ1n) is 13.5. The normalized spacial score (nSPS) is 12.7. The Labute approximate surface area is 257 Å². The lowest BCUT2D eigenvalue weighted by atomic mass is 10.0. The molecule has 0 bridgehead atoms. The van der Waals surface area contributed by atoms with Crippen molar-refractivity contribution >= 4 is 47.4 Å². The van der Waals surface area contributed by atoms with Crippen LogP contribution in [0.4, 0.5) is 4.79 Å². The highest BCUT2D eigenvalue weighted by molar-refractivity contribution is 6.35. The maximum atomic E-state index is 13.2. The minimum atomic E-state index is -2.14. The monoisotopic (exact) mass is 639 g/mol. The average Bonchev–Trinajstić information content (AvgIpc) is 2.95. The smallest absolute Gasteiger partial charge is 0.408 e. The minimum absolute atomic E-state index is 0.205. The Morgan fingerprint density at radius 1 is 0.822 bits per heavy atom. The first kappa shape index (κ1) is 37.9. The van der Waals surface area contributed by atoms with Crippen LogP contribution in [0.25, 0.3) is 0 Å². The molecule has 5 amide bonds. The van der Waals surface area contributed by atoms with Crippen molar-refractivity contribution in [1.82, 2.24) is 26.4 Å². The third-order valence-corrected chi connectivity index (χ3v) is 5.86. The molecule has 0 aliphatic rings. The van der Waals surface area contributed by atoms with E-state index in [0.29, 0.717) is 10.6 Å². The Bertz CT molecular complexity index is 1240. The van der Waals surface area contributed by atoms with Crippen LogP contribution in [0, 0.1) is 5.92 Å². The molecule has 18 nitrogen and oxygen atoms in total. The Morgan fingerprint density at radius 3 is 1.93 bits per heavy atom. The molecule has 18 heteroatoms.